The minimum Gasteiger partial charge on any atom is -0.481 e. The molecule has 128 valence electrons. The standard InChI is InChI=1S/C23H18O3/c1-16-14-22(24)26-21-15-19(12-13-20(16)21)25-23(17-8-4-2-5-9-17)18-10-6-3-7-11-18/h2-15,23H,1H3. The summed E-state index contributed by atoms with van der Waals surface area (Å²) in [6, 6.07) is 27.3. The molecule has 0 atom stereocenters. The van der Waals surface area contributed by atoms with Gasteiger partial charge in [0.05, 0.1) is 0 Å². The van der Waals surface area contributed by atoms with Crippen LogP contribution in [0, 0.1) is 6.92 Å². The first-order valence-corrected chi connectivity index (χ1v) is 8.52. The predicted octanol–water partition coefficient (Wildman–Crippen LogP) is 5.27. The van der Waals surface area contributed by atoms with Crippen LogP contribution in [-0.4, -0.2) is 0 Å². The van der Waals surface area contributed by atoms with Crippen LogP contribution in [-0.2, 0) is 0 Å². The molecule has 26 heavy (non-hydrogen) atoms. The first kappa shape index (κ1) is 16.2. The molecule has 0 aliphatic carbocycles. The van der Waals surface area contributed by atoms with Gasteiger partial charge in [0.2, 0.25) is 0 Å². The summed E-state index contributed by atoms with van der Waals surface area (Å²) in [5.74, 6) is 0.656. The molecule has 0 fully saturated rings. The lowest BCUT2D eigenvalue weighted by Crippen LogP contribution is -2.09. The van der Waals surface area contributed by atoms with Crippen LogP contribution in [0.5, 0.6) is 5.75 Å². The molecule has 0 aliphatic rings. The second-order valence-corrected chi connectivity index (χ2v) is 6.23. The zero-order chi connectivity index (χ0) is 17.9. The summed E-state index contributed by atoms with van der Waals surface area (Å²) in [6.07, 6.45) is -0.244. The maximum absolute atomic E-state index is 11.7. The molecule has 4 aromatic rings. The molecule has 0 saturated heterocycles. The molecular weight excluding hydrogens is 324 g/mol. The van der Waals surface area contributed by atoms with Crippen molar-refractivity contribution in [3.63, 3.8) is 0 Å². The maximum Gasteiger partial charge on any atom is 0.336 e. The average molecular weight is 342 g/mol. The Morgan fingerprint density at radius 1 is 0.808 bits per heavy atom. The van der Waals surface area contributed by atoms with Crippen molar-refractivity contribution >= 4 is 11.0 Å². The number of rotatable bonds is 4. The van der Waals surface area contributed by atoms with E-state index in [1.807, 2.05) is 79.7 Å². The fourth-order valence-corrected chi connectivity index (χ4v) is 3.10. The van der Waals surface area contributed by atoms with Crippen LogP contribution in [0.2, 0.25) is 0 Å². The first-order chi connectivity index (χ1) is 12.7. The fraction of sp³-hybridized carbons (Fsp3) is 0.0870. The molecule has 1 heterocycles. The van der Waals surface area contributed by atoms with E-state index in [-0.39, 0.29) is 11.7 Å². The molecule has 1 aromatic heterocycles. The Morgan fingerprint density at radius 2 is 1.42 bits per heavy atom. The molecule has 0 unspecified atom stereocenters. The van der Waals surface area contributed by atoms with E-state index in [4.69, 9.17) is 9.15 Å². The van der Waals surface area contributed by atoms with Gasteiger partial charge in [0.15, 0.2) is 0 Å². The van der Waals surface area contributed by atoms with Crippen molar-refractivity contribution in [2.24, 2.45) is 0 Å². The largest absolute Gasteiger partial charge is 0.481 e. The van der Waals surface area contributed by atoms with Crippen molar-refractivity contribution in [3.8, 4) is 5.75 Å². The van der Waals surface area contributed by atoms with Gasteiger partial charge in [0.25, 0.3) is 0 Å². The third-order valence-electron chi connectivity index (χ3n) is 4.38. The summed E-state index contributed by atoms with van der Waals surface area (Å²) in [4.78, 5) is 11.7. The summed E-state index contributed by atoms with van der Waals surface area (Å²) < 4.78 is 11.7. The molecule has 0 bridgehead atoms. The van der Waals surface area contributed by atoms with Crippen molar-refractivity contribution in [1.29, 1.82) is 0 Å². The van der Waals surface area contributed by atoms with Crippen LogP contribution in [0.3, 0.4) is 0 Å². The van der Waals surface area contributed by atoms with E-state index >= 15 is 0 Å². The first-order valence-electron chi connectivity index (χ1n) is 8.52. The molecule has 0 aliphatic heterocycles. The summed E-state index contributed by atoms with van der Waals surface area (Å²) >= 11 is 0. The molecule has 0 radical (unpaired) electrons. The van der Waals surface area contributed by atoms with Crippen molar-refractivity contribution in [2.45, 2.75) is 13.0 Å². The summed E-state index contributed by atoms with van der Waals surface area (Å²) in [5, 5.41) is 0.910. The normalized spacial score (nSPS) is 11.0. The highest BCUT2D eigenvalue weighted by atomic mass is 16.5. The van der Waals surface area contributed by atoms with Crippen molar-refractivity contribution < 1.29 is 9.15 Å². The smallest absolute Gasteiger partial charge is 0.336 e. The molecule has 0 spiro atoms. The van der Waals surface area contributed by atoms with E-state index in [0.29, 0.717) is 11.3 Å². The van der Waals surface area contributed by atoms with Gasteiger partial charge in [-0.25, -0.2) is 4.79 Å². The van der Waals surface area contributed by atoms with E-state index in [1.165, 1.54) is 6.07 Å². The number of aryl methyl sites for hydroxylation is 1. The van der Waals surface area contributed by atoms with Crippen molar-refractivity contribution in [2.75, 3.05) is 0 Å². The van der Waals surface area contributed by atoms with Gasteiger partial charge in [-0.05, 0) is 35.7 Å². The molecule has 3 nitrogen and oxygen atoms in total. The van der Waals surface area contributed by atoms with Crippen LogP contribution < -0.4 is 10.4 Å². The zero-order valence-corrected chi connectivity index (χ0v) is 14.4. The number of hydrogen-bond donors (Lipinski definition) is 0. The average Bonchev–Trinajstić information content (AvgIpc) is 2.67. The van der Waals surface area contributed by atoms with Crippen molar-refractivity contribution in [1.82, 2.24) is 0 Å². The van der Waals surface area contributed by atoms with E-state index in [1.54, 1.807) is 6.07 Å². The number of benzene rings is 3. The Bertz CT molecular complexity index is 1040. The Hall–Kier alpha value is -3.33. The quantitative estimate of drug-likeness (QED) is 0.474. The molecule has 0 N–H and O–H groups in total. The van der Waals surface area contributed by atoms with E-state index in [0.717, 1.165) is 22.1 Å². The van der Waals surface area contributed by atoms with Gasteiger partial charge in [0.1, 0.15) is 17.4 Å². The Balaban J connectivity index is 1.76. The highest BCUT2D eigenvalue weighted by Crippen LogP contribution is 2.30. The van der Waals surface area contributed by atoms with Gasteiger partial charge < -0.3 is 9.15 Å². The highest BCUT2D eigenvalue weighted by Gasteiger charge is 2.16. The third-order valence-corrected chi connectivity index (χ3v) is 4.38. The second-order valence-electron chi connectivity index (χ2n) is 6.23. The van der Waals surface area contributed by atoms with E-state index in [9.17, 15) is 4.79 Å². The summed E-state index contributed by atoms with van der Waals surface area (Å²) in [5.41, 5.74) is 3.20. The molecule has 3 heteroatoms. The van der Waals surface area contributed by atoms with Gasteiger partial charge in [-0.3, -0.25) is 0 Å². The molecular formula is C23H18O3. The molecule has 0 amide bonds. The minimum absolute atomic E-state index is 0.244. The number of hydrogen-bond acceptors (Lipinski definition) is 3. The van der Waals surface area contributed by atoms with Gasteiger partial charge in [-0.1, -0.05) is 60.7 Å². The maximum atomic E-state index is 11.7. The molecule has 4 rings (SSSR count). The second kappa shape index (κ2) is 6.89. The predicted molar refractivity (Wildman–Crippen MR) is 103 cm³/mol. The SMILES string of the molecule is Cc1cc(=O)oc2cc(OC(c3ccccc3)c3ccccc3)ccc12. The third kappa shape index (κ3) is 3.24. The van der Waals surface area contributed by atoms with Crippen molar-refractivity contribution in [3.05, 3.63) is 112 Å². The number of fused-ring (bicyclic) bond motifs is 1. The van der Waals surface area contributed by atoms with Crippen LogP contribution in [0.25, 0.3) is 11.0 Å². The van der Waals surface area contributed by atoms with Crippen LogP contribution in [0.4, 0.5) is 0 Å². The van der Waals surface area contributed by atoms with Gasteiger partial charge >= 0.3 is 5.63 Å². The Kier molecular flexibility index (Phi) is 4.28. The van der Waals surface area contributed by atoms with Crippen LogP contribution >= 0.6 is 0 Å². The topological polar surface area (TPSA) is 39.4 Å². The molecule has 3 aromatic carbocycles. The van der Waals surface area contributed by atoms with E-state index in [2.05, 4.69) is 0 Å². The highest BCUT2D eigenvalue weighted by molar-refractivity contribution is 5.81. The van der Waals surface area contributed by atoms with Gasteiger partial charge in [-0.2, -0.15) is 0 Å². The van der Waals surface area contributed by atoms with Gasteiger partial charge in [0, 0.05) is 17.5 Å². The monoisotopic (exact) mass is 342 g/mol. The fourth-order valence-electron chi connectivity index (χ4n) is 3.10. The van der Waals surface area contributed by atoms with Crippen LogP contribution in [0.1, 0.15) is 22.8 Å². The molecule has 0 saturated carbocycles. The Morgan fingerprint density at radius 3 is 2.04 bits per heavy atom. The summed E-state index contributed by atoms with van der Waals surface area (Å²) in [7, 11) is 0. The minimum atomic E-state index is -0.352. The van der Waals surface area contributed by atoms with E-state index < -0.39 is 0 Å². The lowest BCUT2D eigenvalue weighted by atomic mass is 10.0. The Labute approximate surface area is 151 Å². The summed E-state index contributed by atoms with van der Waals surface area (Å²) in [6.45, 7) is 1.90. The lowest BCUT2D eigenvalue weighted by Gasteiger charge is -2.20. The number of ether oxygens (including phenoxy) is 1. The zero-order valence-electron chi connectivity index (χ0n) is 14.4. The lowest BCUT2D eigenvalue weighted by molar-refractivity contribution is 0.247. The van der Waals surface area contributed by atoms with Gasteiger partial charge in [-0.15, -0.1) is 0 Å². The van der Waals surface area contributed by atoms with Crippen LogP contribution in [0.15, 0.2) is 94.1 Å².